The number of aromatic amines is 2. The van der Waals surface area contributed by atoms with Crippen molar-refractivity contribution in [1.82, 2.24) is 94.0 Å². The summed E-state index contributed by atoms with van der Waals surface area (Å²) in [6.07, 6.45) is 14.9. The molecular weight excluding hydrogens is 1070 g/mol. The first kappa shape index (κ1) is 74.3. The van der Waals surface area contributed by atoms with Gasteiger partial charge in [0.05, 0.1) is 35.1 Å². The van der Waals surface area contributed by atoms with Crippen molar-refractivity contribution in [3.63, 3.8) is 0 Å². The van der Waals surface area contributed by atoms with E-state index < -0.39 is 0 Å². The van der Waals surface area contributed by atoms with Gasteiger partial charge in [0.25, 0.3) is 0 Å². The summed E-state index contributed by atoms with van der Waals surface area (Å²) < 4.78 is 16.4. The summed E-state index contributed by atoms with van der Waals surface area (Å²) in [5.41, 5.74) is 13.7. The maximum atomic E-state index is 5.12. The Balaban J connectivity index is 0.000000331. The summed E-state index contributed by atoms with van der Waals surface area (Å²) >= 11 is 0. The Kier molecular flexibility index (Phi) is 31.9. The smallest absolute Gasteiger partial charge is 0.219 e. The molecule has 10 rings (SSSR count). The minimum Gasteiger partial charge on any atom is -0.425 e. The molecule has 86 heavy (non-hydrogen) atoms. The number of aromatic nitrogens is 19. The molecule has 0 aliphatic heterocycles. The fourth-order valence-electron chi connectivity index (χ4n) is 8.37. The van der Waals surface area contributed by atoms with Gasteiger partial charge < -0.3 is 9.40 Å². The highest BCUT2D eigenvalue weighted by Gasteiger charge is 2.12. The molecule has 0 radical (unpaired) electrons. The average molecular weight is 1180 g/mol. The van der Waals surface area contributed by atoms with E-state index in [1.807, 2.05) is 134 Å². The van der Waals surface area contributed by atoms with Gasteiger partial charge in [-0.25, -0.2) is 9.97 Å². The van der Waals surface area contributed by atoms with Crippen molar-refractivity contribution < 1.29 is 4.42 Å². The molecule has 20 nitrogen and oxygen atoms in total. The van der Waals surface area contributed by atoms with Gasteiger partial charge >= 0.3 is 0 Å². The number of hydrogen-bond acceptors (Lipinski definition) is 12. The van der Waals surface area contributed by atoms with Crippen LogP contribution in [0.25, 0.3) is 10.9 Å². The predicted molar refractivity (Wildman–Crippen MR) is 352 cm³/mol. The van der Waals surface area contributed by atoms with E-state index in [2.05, 4.69) is 221 Å². The van der Waals surface area contributed by atoms with Gasteiger partial charge in [-0.05, 0) is 109 Å². The first-order valence-electron chi connectivity index (χ1n) is 30.3. The number of rotatable bonds is 9. The molecule has 0 spiro atoms. The summed E-state index contributed by atoms with van der Waals surface area (Å²) in [6.45, 7) is 46.6. The lowest BCUT2D eigenvalue weighted by Gasteiger charge is -2.04. The van der Waals surface area contributed by atoms with Gasteiger partial charge in [-0.3, -0.25) is 33.2 Å². The third kappa shape index (κ3) is 26.2. The van der Waals surface area contributed by atoms with Crippen LogP contribution in [-0.4, -0.2) is 94.0 Å². The molecule has 2 N–H and O–H groups in total. The van der Waals surface area contributed by atoms with E-state index in [0.717, 1.165) is 22.7 Å². The Hall–Kier alpha value is -7.77. The molecule has 0 saturated carbocycles. The van der Waals surface area contributed by atoms with Gasteiger partial charge in [0.2, 0.25) is 11.8 Å². The zero-order valence-electron chi connectivity index (χ0n) is 57.8. The molecule has 1 aromatic carbocycles. The number of H-pyrrole nitrogens is 2. The number of fused-ring (bicyclic) bond motifs is 1. The molecule has 9 aromatic heterocycles. The Morgan fingerprint density at radius 1 is 0.512 bits per heavy atom. The normalized spacial score (nSPS) is 10.8. The molecule has 10 aromatic rings. The van der Waals surface area contributed by atoms with E-state index in [1.54, 1.807) is 13.3 Å². The van der Waals surface area contributed by atoms with Crippen LogP contribution in [0.3, 0.4) is 0 Å². The lowest BCUT2D eigenvalue weighted by Crippen LogP contribution is -1.99. The summed E-state index contributed by atoms with van der Waals surface area (Å²) in [7, 11) is 11.8. The second kappa shape index (κ2) is 36.9. The molecule has 0 saturated heterocycles. The van der Waals surface area contributed by atoms with Gasteiger partial charge in [0.1, 0.15) is 12.2 Å². The summed E-state index contributed by atoms with van der Waals surface area (Å²) in [6, 6.07) is 12.7. The molecule has 0 amide bonds. The van der Waals surface area contributed by atoms with Crippen molar-refractivity contribution in [3.8, 4) is 0 Å². The van der Waals surface area contributed by atoms with Gasteiger partial charge in [-0.15, -0.1) is 10.2 Å². The third-order valence-corrected chi connectivity index (χ3v) is 13.4. The highest BCUT2D eigenvalue weighted by Crippen LogP contribution is 2.22. The van der Waals surface area contributed by atoms with Crippen LogP contribution in [-0.2, 0) is 42.3 Å². The standard InChI is InChI=1S/C11H14N2.C9H16N2.C8H14N2.3C7H12N2.C6H10N2O.C6H10N2.C5H9N3/c1-8(2)9-4-5-11-10(6-9)7-13(3)12-11;1-6(2)9-7(3)10-11(5)8(9)4;1-6(2)8-5-7(3)9-10(8)4;1-6(2)7-4-8-9(3)5-7;1-6(2)7-4-5-9(3)8-7;1-6(2)7-4-5-8-9(7)3;1-4(2)6-8-7-5(3)9-6;1-5(2)6-3-7-4-8-6;1-4(2)5-6-3-7-8-5/h4-8H,1-3H3;6H,1-5H3;5-6H,1-4H3;3*4-6H,1-3H3;4H,1-3H3;3-5H,1-2H3,(H,7,8);3-4H,1-2H3,(H,6,7,8). The lowest BCUT2D eigenvalue weighted by atomic mass is 10.0. The Labute approximate surface area is 515 Å². The van der Waals surface area contributed by atoms with Crippen molar-refractivity contribution in [1.29, 1.82) is 0 Å². The topological polar surface area (TPSA) is 216 Å². The van der Waals surface area contributed by atoms with Crippen LogP contribution >= 0.6 is 0 Å². The lowest BCUT2D eigenvalue weighted by molar-refractivity contribution is 0.448. The Morgan fingerprint density at radius 3 is 1.45 bits per heavy atom. The van der Waals surface area contributed by atoms with Crippen molar-refractivity contribution in [2.45, 2.75) is 206 Å². The number of benzene rings is 1. The SMILES string of the molecule is CC(C)c1ccc2nn(C)cc2c1.CC(C)c1ccn(C)n1.CC(C)c1ccnn1C.CC(C)c1cnc[nH]1.CC(C)c1cnn(C)c1.CC(C)c1ncn[nH]1.Cc1cc(C(C)C)n(C)n1.Cc1nn(C)c(C)c1C(C)C.Cc1nnc(C(C)C)o1. The summed E-state index contributed by atoms with van der Waals surface area (Å²) in [5, 5.41) is 40.5. The molecule has 20 heteroatoms. The molecule has 0 aliphatic rings. The van der Waals surface area contributed by atoms with Crippen molar-refractivity contribution in [2.24, 2.45) is 42.3 Å². The minimum atomic E-state index is 0.339. The minimum absolute atomic E-state index is 0.339. The van der Waals surface area contributed by atoms with Crippen molar-refractivity contribution >= 4 is 10.9 Å². The molecule has 0 bridgehead atoms. The molecule has 474 valence electrons. The molecular formula is C66H109N19O. The molecule has 9 heterocycles. The maximum Gasteiger partial charge on any atom is 0.219 e. The van der Waals surface area contributed by atoms with Crippen LogP contribution < -0.4 is 0 Å². The van der Waals surface area contributed by atoms with Crippen LogP contribution in [0.4, 0.5) is 0 Å². The second-order valence-corrected chi connectivity index (χ2v) is 24.3. The van der Waals surface area contributed by atoms with E-state index in [-0.39, 0.29) is 0 Å². The van der Waals surface area contributed by atoms with Crippen LogP contribution in [0.15, 0.2) is 90.7 Å². The Morgan fingerprint density at radius 2 is 1.16 bits per heavy atom. The van der Waals surface area contributed by atoms with E-state index in [4.69, 9.17) is 4.42 Å². The van der Waals surface area contributed by atoms with Crippen LogP contribution in [0.1, 0.15) is 252 Å². The van der Waals surface area contributed by atoms with Gasteiger partial charge in [0.15, 0.2) is 0 Å². The number of imidazole rings is 1. The largest absolute Gasteiger partial charge is 0.425 e. The summed E-state index contributed by atoms with van der Waals surface area (Å²) in [4.78, 5) is 10.9. The second-order valence-electron chi connectivity index (χ2n) is 24.3. The highest BCUT2D eigenvalue weighted by molar-refractivity contribution is 5.78. The van der Waals surface area contributed by atoms with E-state index in [1.165, 1.54) is 56.9 Å². The van der Waals surface area contributed by atoms with E-state index in [0.29, 0.717) is 65.0 Å². The van der Waals surface area contributed by atoms with Gasteiger partial charge in [0, 0.05) is 120 Å². The zero-order valence-corrected chi connectivity index (χ0v) is 57.8. The summed E-state index contributed by atoms with van der Waals surface area (Å²) in [5.74, 6) is 7.14. The van der Waals surface area contributed by atoms with Crippen LogP contribution in [0.5, 0.6) is 0 Å². The monoisotopic (exact) mass is 1180 g/mol. The number of hydrogen-bond donors (Lipinski definition) is 2. The quantitative estimate of drug-likeness (QED) is 0.138. The first-order valence-corrected chi connectivity index (χ1v) is 30.3. The highest BCUT2D eigenvalue weighted by atomic mass is 16.4. The molecule has 0 fully saturated rings. The third-order valence-electron chi connectivity index (χ3n) is 13.4. The number of aryl methyl sites for hydroxylation is 9. The van der Waals surface area contributed by atoms with Crippen LogP contribution in [0.2, 0.25) is 0 Å². The zero-order chi connectivity index (χ0) is 65.1. The molecule has 0 atom stereocenters. The van der Waals surface area contributed by atoms with Crippen molar-refractivity contribution in [2.75, 3.05) is 0 Å². The van der Waals surface area contributed by atoms with E-state index >= 15 is 0 Å². The number of nitrogens with one attached hydrogen (secondary N) is 2. The maximum absolute atomic E-state index is 5.12. The average Bonchev–Trinajstić information content (AvgIpc) is 4.48. The van der Waals surface area contributed by atoms with Gasteiger partial charge in [-0.1, -0.05) is 131 Å². The first-order chi connectivity index (χ1) is 40.2. The van der Waals surface area contributed by atoms with E-state index in [9.17, 15) is 0 Å². The Bertz CT molecular complexity index is 3200. The molecule has 0 unspecified atom stereocenters. The number of nitrogens with zero attached hydrogens (tertiary/aromatic N) is 17. The fourth-order valence-corrected chi connectivity index (χ4v) is 8.37. The van der Waals surface area contributed by atoms with Gasteiger partial charge in [-0.2, -0.15) is 35.7 Å². The fraction of sp³-hybridized carbons (Fsp3) is 0.561. The van der Waals surface area contributed by atoms with Crippen LogP contribution in [0, 0.1) is 27.7 Å². The van der Waals surface area contributed by atoms with Crippen molar-refractivity contribution in [3.05, 3.63) is 160 Å². The predicted octanol–water partition coefficient (Wildman–Crippen LogP) is 15.3. The molecule has 0 aliphatic carbocycles.